The Morgan fingerprint density at radius 2 is 1.00 bits per heavy atom. The Kier molecular flexibility index (Phi) is 42.6. The van der Waals surface area contributed by atoms with Gasteiger partial charge in [-0.2, -0.15) is 0 Å². The summed E-state index contributed by atoms with van der Waals surface area (Å²) in [7, 11) is 4.07. The molecule has 18 heavy (non-hydrogen) atoms. The van der Waals surface area contributed by atoms with E-state index >= 15 is 0 Å². The van der Waals surface area contributed by atoms with E-state index in [0.29, 0.717) is 0 Å². The van der Waals surface area contributed by atoms with Gasteiger partial charge in [0.2, 0.25) is 0 Å². The van der Waals surface area contributed by atoms with E-state index < -0.39 is 0 Å². The third kappa shape index (κ3) is 24.3. The molecule has 0 bridgehead atoms. The van der Waals surface area contributed by atoms with Crippen molar-refractivity contribution >= 4 is 5.69 Å². The van der Waals surface area contributed by atoms with Crippen molar-refractivity contribution in [1.82, 2.24) is 0 Å². The van der Waals surface area contributed by atoms with Crippen LogP contribution < -0.4 is 4.90 Å². The lowest BCUT2D eigenvalue weighted by Crippen LogP contribution is -2.07. The fraction of sp³-hybridized carbons (Fsp3) is 0.647. The lowest BCUT2D eigenvalue weighted by molar-refractivity contribution is 1.09. The Morgan fingerprint density at radius 1 is 0.722 bits per heavy atom. The summed E-state index contributed by atoms with van der Waals surface area (Å²) in [5.74, 6) is 0. The van der Waals surface area contributed by atoms with Gasteiger partial charge in [0.15, 0.2) is 0 Å². The van der Waals surface area contributed by atoms with Crippen molar-refractivity contribution in [1.29, 1.82) is 0 Å². The molecule has 1 nitrogen and oxygen atoms in total. The van der Waals surface area contributed by atoms with Crippen LogP contribution >= 0.6 is 0 Å². The molecule has 0 unspecified atom stereocenters. The van der Waals surface area contributed by atoms with Crippen LogP contribution in [0.1, 0.15) is 61.8 Å². The minimum atomic E-state index is 1.25. The molecule has 1 aromatic carbocycles. The van der Waals surface area contributed by atoms with E-state index in [4.69, 9.17) is 0 Å². The van der Waals surface area contributed by atoms with Gasteiger partial charge in [-0.15, -0.1) is 0 Å². The van der Waals surface area contributed by atoms with Crippen LogP contribution in [0.15, 0.2) is 30.3 Å². The van der Waals surface area contributed by atoms with Gasteiger partial charge in [-0.05, 0) is 12.1 Å². The van der Waals surface area contributed by atoms with E-state index in [2.05, 4.69) is 30.9 Å². The Hall–Kier alpha value is -0.980. The summed E-state index contributed by atoms with van der Waals surface area (Å²) in [5.41, 5.74) is 1.25. The van der Waals surface area contributed by atoms with Crippen LogP contribution in [-0.4, -0.2) is 14.1 Å². The molecular weight excluding hydrogens is 218 g/mol. The second-order valence-electron chi connectivity index (χ2n) is 2.94. The Morgan fingerprint density at radius 3 is 1.17 bits per heavy atom. The predicted molar refractivity (Wildman–Crippen MR) is 90.8 cm³/mol. The molecule has 1 rings (SSSR count). The number of hydrogen-bond acceptors (Lipinski definition) is 1. The van der Waals surface area contributed by atoms with Gasteiger partial charge in [0, 0.05) is 19.8 Å². The summed E-state index contributed by atoms with van der Waals surface area (Å²) >= 11 is 0. The first-order valence-corrected chi connectivity index (χ1v) is 7.44. The first-order valence-electron chi connectivity index (χ1n) is 7.44. The predicted octanol–water partition coefficient (Wildman–Crippen LogP) is 6.25. The van der Waals surface area contributed by atoms with Crippen molar-refractivity contribution < 1.29 is 0 Å². The number of para-hydroxylation sites is 1. The molecule has 0 radical (unpaired) electrons. The number of rotatable bonds is 1. The minimum Gasteiger partial charge on any atom is -0.378 e. The molecule has 0 aliphatic carbocycles. The van der Waals surface area contributed by atoms with Gasteiger partial charge in [0.1, 0.15) is 0 Å². The van der Waals surface area contributed by atoms with Crippen LogP contribution in [0.5, 0.6) is 0 Å². The van der Waals surface area contributed by atoms with Gasteiger partial charge < -0.3 is 4.90 Å². The van der Waals surface area contributed by atoms with Gasteiger partial charge in [-0.1, -0.05) is 80.0 Å². The highest BCUT2D eigenvalue weighted by molar-refractivity contribution is 5.43. The average Bonchev–Trinajstić information content (AvgIpc) is 2.47. The summed E-state index contributed by atoms with van der Waals surface area (Å²) in [6.45, 7) is 16.2. The summed E-state index contributed by atoms with van der Waals surface area (Å²) in [4.78, 5) is 2.08. The SMILES string of the molecule is CC.CC.CC.CCC.CN(C)c1ccccc1. The number of nitrogens with zero attached hydrogens (tertiary/aromatic N) is 1. The molecule has 0 saturated carbocycles. The van der Waals surface area contributed by atoms with Gasteiger partial charge in [-0.25, -0.2) is 0 Å². The molecule has 1 heteroatoms. The maximum absolute atomic E-state index is 2.12. The van der Waals surface area contributed by atoms with E-state index in [9.17, 15) is 0 Å². The zero-order chi connectivity index (χ0) is 15.4. The zero-order valence-electron chi connectivity index (χ0n) is 14.5. The monoisotopic (exact) mass is 255 g/mol. The first-order chi connectivity index (χ1) is 8.72. The largest absolute Gasteiger partial charge is 0.378 e. The maximum atomic E-state index is 2.12. The highest BCUT2D eigenvalue weighted by atomic mass is 15.1. The van der Waals surface area contributed by atoms with Crippen molar-refractivity contribution in [3.8, 4) is 0 Å². The summed E-state index contributed by atoms with van der Waals surface area (Å²) in [5, 5.41) is 0. The van der Waals surface area contributed by atoms with E-state index in [1.54, 1.807) is 0 Å². The minimum absolute atomic E-state index is 1.25. The second-order valence-corrected chi connectivity index (χ2v) is 2.94. The Balaban J connectivity index is -0.0000000925. The van der Waals surface area contributed by atoms with Crippen molar-refractivity contribution in [2.24, 2.45) is 0 Å². The summed E-state index contributed by atoms with van der Waals surface area (Å²) in [6, 6.07) is 10.3. The molecule has 0 amide bonds. The quantitative estimate of drug-likeness (QED) is 0.573. The van der Waals surface area contributed by atoms with Crippen molar-refractivity contribution in [3.05, 3.63) is 30.3 Å². The molecule has 0 aromatic heterocycles. The maximum Gasteiger partial charge on any atom is 0.0360 e. The normalized spacial score (nSPS) is 6.56. The van der Waals surface area contributed by atoms with Crippen LogP contribution in [0, 0.1) is 0 Å². The first kappa shape index (κ1) is 25.8. The van der Waals surface area contributed by atoms with E-state index in [0.717, 1.165) is 0 Å². The van der Waals surface area contributed by atoms with Crippen molar-refractivity contribution in [3.63, 3.8) is 0 Å². The Bertz CT molecular complexity index is 180. The molecule has 0 atom stereocenters. The molecule has 1 aromatic rings. The van der Waals surface area contributed by atoms with Crippen LogP contribution in [0.3, 0.4) is 0 Å². The Labute approximate surface area is 117 Å². The molecule has 0 aliphatic heterocycles. The smallest absolute Gasteiger partial charge is 0.0360 e. The molecule has 0 aliphatic rings. The third-order valence-corrected chi connectivity index (χ3v) is 1.27. The van der Waals surface area contributed by atoms with E-state index in [-0.39, 0.29) is 0 Å². The third-order valence-electron chi connectivity index (χ3n) is 1.27. The fourth-order valence-electron chi connectivity index (χ4n) is 0.726. The van der Waals surface area contributed by atoms with Crippen LogP contribution in [-0.2, 0) is 0 Å². The topological polar surface area (TPSA) is 3.24 Å². The molecular formula is C17H37N. The highest BCUT2D eigenvalue weighted by Crippen LogP contribution is 2.07. The molecule has 0 saturated heterocycles. The molecule has 0 heterocycles. The van der Waals surface area contributed by atoms with Crippen LogP contribution in [0.25, 0.3) is 0 Å². The summed E-state index contributed by atoms with van der Waals surface area (Å²) < 4.78 is 0. The summed E-state index contributed by atoms with van der Waals surface area (Å²) in [6.07, 6.45) is 1.25. The number of anilines is 1. The fourth-order valence-corrected chi connectivity index (χ4v) is 0.726. The van der Waals surface area contributed by atoms with Gasteiger partial charge in [0.25, 0.3) is 0 Å². The lowest BCUT2D eigenvalue weighted by Gasteiger charge is -2.10. The second kappa shape index (κ2) is 29.8. The number of hydrogen-bond donors (Lipinski definition) is 0. The van der Waals surface area contributed by atoms with Crippen LogP contribution in [0.4, 0.5) is 5.69 Å². The molecule has 110 valence electrons. The lowest BCUT2D eigenvalue weighted by atomic mass is 10.3. The van der Waals surface area contributed by atoms with Crippen molar-refractivity contribution in [2.75, 3.05) is 19.0 Å². The molecule has 0 spiro atoms. The van der Waals surface area contributed by atoms with Crippen molar-refractivity contribution in [2.45, 2.75) is 61.8 Å². The van der Waals surface area contributed by atoms with E-state index in [1.165, 1.54) is 12.1 Å². The van der Waals surface area contributed by atoms with Gasteiger partial charge in [0.05, 0.1) is 0 Å². The van der Waals surface area contributed by atoms with E-state index in [1.807, 2.05) is 73.8 Å². The van der Waals surface area contributed by atoms with Crippen LogP contribution in [0.2, 0.25) is 0 Å². The van der Waals surface area contributed by atoms with Gasteiger partial charge >= 0.3 is 0 Å². The van der Waals surface area contributed by atoms with Gasteiger partial charge in [-0.3, -0.25) is 0 Å². The number of benzene rings is 1. The average molecular weight is 255 g/mol. The molecule has 0 fully saturated rings. The highest BCUT2D eigenvalue weighted by Gasteiger charge is 1.87. The zero-order valence-corrected chi connectivity index (χ0v) is 14.5. The molecule has 0 N–H and O–H groups in total. The standard InChI is InChI=1S/C8H11N.C3H8.3C2H6/c1-9(2)8-6-4-3-5-7-8;1-3-2;3*1-2/h3-7H,1-2H3;3H2,1-2H3;3*1-2H3.